The highest BCUT2D eigenvalue weighted by molar-refractivity contribution is 6.11. The van der Waals surface area contributed by atoms with Crippen LogP contribution >= 0.6 is 0 Å². The van der Waals surface area contributed by atoms with E-state index in [0.717, 1.165) is 22.0 Å². The molecule has 3 aromatic rings. The molecular weight excluding hydrogens is 395 g/mol. The highest BCUT2D eigenvalue weighted by Crippen LogP contribution is 2.43. The number of H-pyrrole nitrogens is 1. The Kier molecular flexibility index (Phi) is 5.17. The SMILES string of the molecule is CC(C)(C)C(=O)C1=C(O)C(=O)N(CCc2ccc(F)cc2)C1c1c[nH]c2ccccc12. The number of halogens is 1. The van der Waals surface area contributed by atoms with Gasteiger partial charge in [0.2, 0.25) is 0 Å². The molecule has 0 radical (unpaired) electrons. The van der Waals surface area contributed by atoms with Crippen molar-refractivity contribution in [2.75, 3.05) is 6.54 Å². The van der Waals surface area contributed by atoms with Crippen LogP contribution in [0.15, 0.2) is 66.1 Å². The topological polar surface area (TPSA) is 73.4 Å². The number of aliphatic hydroxyl groups excluding tert-OH is 1. The van der Waals surface area contributed by atoms with Gasteiger partial charge in [-0.1, -0.05) is 51.1 Å². The molecule has 2 heterocycles. The fourth-order valence-corrected chi connectivity index (χ4v) is 4.06. The molecule has 1 aromatic heterocycles. The van der Waals surface area contributed by atoms with Crippen molar-refractivity contribution >= 4 is 22.6 Å². The first kappa shape index (κ1) is 20.8. The molecule has 4 rings (SSSR count). The number of nitrogens with one attached hydrogen (secondary N) is 1. The number of ketones is 1. The van der Waals surface area contributed by atoms with Crippen LogP contribution in [-0.2, 0) is 16.0 Å². The summed E-state index contributed by atoms with van der Waals surface area (Å²) < 4.78 is 13.2. The molecule has 5 nitrogen and oxygen atoms in total. The molecule has 1 aliphatic heterocycles. The summed E-state index contributed by atoms with van der Waals surface area (Å²) in [7, 11) is 0. The van der Waals surface area contributed by atoms with Crippen molar-refractivity contribution in [1.29, 1.82) is 0 Å². The van der Waals surface area contributed by atoms with Gasteiger partial charge in [0.15, 0.2) is 11.5 Å². The molecule has 160 valence electrons. The van der Waals surface area contributed by atoms with Crippen molar-refractivity contribution in [2.24, 2.45) is 5.41 Å². The van der Waals surface area contributed by atoms with Crippen molar-refractivity contribution in [3.8, 4) is 0 Å². The van der Waals surface area contributed by atoms with Gasteiger partial charge in [-0.15, -0.1) is 0 Å². The second-order valence-corrected chi connectivity index (χ2v) is 8.91. The number of Topliss-reactive ketones (excluding diaryl/α,β-unsaturated/α-hetero) is 1. The average molecular weight is 420 g/mol. The van der Waals surface area contributed by atoms with Crippen LogP contribution in [0, 0.1) is 11.2 Å². The van der Waals surface area contributed by atoms with Crippen molar-refractivity contribution in [2.45, 2.75) is 33.2 Å². The highest BCUT2D eigenvalue weighted by atomic mass is 19.1. The van der Waals surface area contributed by atoms with E-state index in [2.05, 4.69) is 4.98 Å². The first-order valence-corrected chi connectivity index (χ1v) is 10.3. The van der Waals surface area contributed by atoms with Crippen LogP contribution in [0.2, 0.25) is 0 Å². The maximum atomic E-state index is 13.3. The molecule has 0 aliphatic carbocycles. The lowest BCUT2D eigenvalue weighted by Gasteiger charge is -2.28. The van der Waals surface area contributed by atoms with Gasteiger partial charge in [-0.3, -0.25) is 9.59 Å². The Bertz CT molecular complexity index is 1190. The molecule has 31 heavy (non-hydrogen) atoms. The molecule has 0 fully saturated rings. The first-order chi connectivity index (χ1) is 14.7. The summed E-state index contributed by atoms with van der Waals surface area (Å²) in [6, 6.07) is 13.1. The molecule has 0 bridgehead atoms. The quantitative estimate of drug-likeness (QED) is 0.619. The molecule has 1 amide bonds. The second-order valence-electron chi connectivity index (χ2n) is 8.91. The summed E-state index contributed by atoms with van der Waals surface area (Å²) in [4.78, 5) is 31.1. The highest BCUT2D eigenvalue weighted by Gasteiger charge is 2.46. The summed E-state index contributed by atoms with van der Waals surface area (Å²) in [6.45, 7) is 5.59. The fraction of sp³-hybridized carbons (Fsp3) is 0.280. The summed E-state index contributed by atoms with van der Waals surface area (Å²) in [5, 5.41) is 11.6. The van der Waals surface area contributed by atoms with E-state index >= 15 is 0 Å². The van der Waals surface area contributed by atoms with Gasteiger partial charge >= 0.3 is 0 Å². The number of carbonyl (C=O) groups is 2. The number of aliphatic hydroxyl groups is 1. The number of hydrogen-bond donors (Lipinski definition) is 2. The minimum absolute atomic E-state index is 0.126. The van der Waals surface area contributed by atoms with E-state index in [1.165, 1.54) is 17.0 Å². The Hall–Kier alpha value is -3.41. The zero-order chi connectivity index (χ0) is 22.3. The van der Waals surface area contributed by atoms with Gasteiger partial charge < -0.3 is 15.0 Å². The molecule has 1 atom stereocenters. The minimum Gasteiger partial charge on any atom is -0.503 e. The van der Waals surface area contributed by atoms with Crippen LogP contribution in [0.5, 0.6) is 0 Å². The monoisotopic (exact) mass is 420 g/mol. The Balaban J connectivity index is 1.77. The lowest BCUT2D eigenvalue weighted by Crippen LogP contribution is -2.34. The predicted octanol–water partition coefficient (Wildman–Crippen LogP) is 4.86. The molecule has 2 N–H and O–H groups in total. The van der Waals surface area contributed by atoms with Crippen molar-refractivity contribution in [3.63, 3.8) is 0 Å². The van der Waals surface area contributed by atoms with Gasteiger partial charge in [0.1, 0.15) is 5.82 Å². The average Bonchev–Trinajstić information content (AvgIpc) is 3.26. The Labute approximate surface area is 180 Å². The maximum absolute atomic E-state index is 13.3. The van der Waals surface area contributed by atoms with Gasteiger partial charge in [-0.25, -0.2) is 4.39 Å². The molecular formula is C25H25FN2O3. The third kappa shape index (κ3) is 3.74. The Morgan fingerprint density at radius 2 is 1.81 bits per heavy atom. The van der Waals surface area contributed by atoms with Crippen molar-refractivity contribution < 1.29 is 19.1 Å². The standard InChI is InChI=1S/C25H25FN2O3/c1-25(2,3)23(30)20-21(18-14-27-19-7-5-4-6-17(18)19)28(24(31)22(20)29)13-12-15-8-10-16(26)11-9-15/h4-11,14,21,27,29H,12-13H2,1-3H3. The van der Waals surface area contributed by atoms with E-state index in [1.54, 1.807) is 39.1 Å². The summed E-state index contributed by atoms with van der Waals surface area (Å²) >= 11 is 0. The third-order valence-corrected chi connectivity index (χ3v) is 5.70. The molecule has 2 aromatic carbocycles. The summed E-state index contributed by atoms with van der Waals surface area (Å²) in [6.07, 6.45) is 2.26. The van der Waals surface area contributed by atoms with E-state index in [-0.39, 0.29) is 23.7 Å². The Morgan fingerprint density at radius 1 is 1.13 bits per heavy atom. The lowest BCUT2D eigenvalue weighted by atomic mass is 9.82. The molecule has 0 saturated carbocycles. The van der Waals surface area contributed by atoms with Crippen LogP contribution in [0.4, 0.5) is 4.39 Å². The number of aromatic amines is 1. The molecule has 0 spiro atoms. The first-order valence-electron chi connectivity index (χ1n) is 10.3. The van der Waals surface area contributed by atoms with Crippen molar-refractivity contribution in [1.82, 2.24) is 9.88 Å². The van der Waals surface area contributed by atoms with E-state index in [9.17, 15) is 19.1 Å². The number of benzene rings is 2. The fourth-order valence-electron chi connectivity index (χ4n) is 4.06. The zero-order valence-corrected chi connectivity index (χ0v) is 17.8. The number of aromatic nitrogens is 1. The molecule has 1 aliphatic rings. The van der Waals surface area contributed by atoms with E-state index in [1.807, 2.05) is 24.3 Å². The zero-order valence-electron chi connectivity index (χ0n) is 17.8. The number of para-hydroxylation sites is 1. The number of nitrogens with zero attached hydrogens (tertiary/aromatic N) is 1. The summed E-state index contributed by atoms with van der Waals surface area (Å²) in [5.74, 6) is -1.65. The van der Waals surface area contributed by atoms with E-state index in [0.29, 0.717) is 6.42 Å². The maximum Gasteiger partial charge on any atom is 0.290 e. The predicted molar refractivity (Wildman–Crippen MR) is 117 cm³/mol. The number of hydrogen-bond acceptors (Lipinski definition) is 3. The normalized spacial score (nSPS) is 17.1. The second kappa shape index (κ2) is 7.69. The number of rotatable bonds is 5. The van der Waals surface area contributed by atoms with E-state index < -0.39 is 23.1 Å². The molecule has 6 heteroatoms. The van der Waals surface area contributed by atoms with Gasteiger partial charge in [0, 0.05) is 34.6 Å². The van der Waals surface area contributed by atoms with Crippen LogP contribution < -0.4 is 0 Å². The third-order valence-electron chi connectivity index (χ3n) is 5.70. The van der Waals surface area contributed by atoms with Crippen molar-refractivity contribution in [3.05, 3.63) is 83.0 Å². The number of carbonyl (C=O) groups excluding carboxylic acids is 2. The summed E-state index contributed by atoms with van der Waals surface area (Å²) in [5.41, 5.74) is 1.88. The molecule has 1 unspecified atom stereocenters. The van der Waals surface area contributed by atoms with Gasteiger partial charge in [0.25, 0.3) is 5.91 Å². The van der Waals surface area contributed by atoms with Crippen LogP contribution in [0.1, 0.15) is 37.9 Å². The van der Waals surface area contributed by atoms with E-state index in [4.69, 9.17) is 0 Å². The van der Waals surface area contributed by atoms with Gasteiger partial charge in [-0.05, 0) is 30.2 Å². The largest absolute Gasteiger partial charge is 0.503 e. The Morgan fingerprint density at radius 3 is 2.48 bits per heavy atom. The lowest BCUT2D eigenvalue weighted by molar-refractivity contribution is -0.129. The van der Waals surface area contributed by atoms with Gasteiger partial charge in [0.05, 0.1) is 11.6 Å². The van der Waals surface area contributed by atoms with Crippen LogP contribution in [0.3, 0.4) is 0 Å². The molecule has 0 saturated heterocycles. The van der Waals surface area contributed by atoms with Crippen LogP contribution in [-0.4, -0.2) is 33.2 Å². The number of fused-ring (bicyclic) bond motifs is 1. The van der Waals surface area contributed by atoms with Crippen LogP contribution in [0.25, 0.3) is 10.9 Å². The smallest absolute Gasteiger partial charge is 0.290 e. The van der Waals surface area contributed by atoms with Gasteiger partial charge in [-0.2, -0.15) is 0 Å². The number of amides is 1. The minimum atomic E-state index is -0.763.